The summed E-state index contributed by atoms with van der Waals surface area (Å²) in [5.74, 6) is 0. The van der Waals surface area contributed by atoms with Crippen LogP contribution >= 0.6 is 0 Å². The molecule has 2 rings (SSSR count). The lowest BCUT2D eigenvalue weighted by molar-refractivity contribution is 0.173. The third kappa shape index (κ3) is 3.95. The molecule has 0 saturated heterocycles. The molecule has 0 bridgehead atoms. The monoisotopic (exact) mass is 302 g/mol. The molecule has 0 aromatic carbocycles. The summed E-state index contributed by atoms with van der Waals surface area (Å²) in [5.41, 5.74) is 0.375. The molecule has 1 unspecified atom stereocenters. The van der Waals surface area contributed by atoms with Crippen LogP contribution in [0.5, 0.6) is 0 Å². The summed E-state index contributed by atoms with van der Waals surface area (Å²) in [6.07, 6.45) is 6.61. The maximum absolute atomic E-state index is 12.6. The number of hydrogen-bond donors (Lipinski definition) is 1. The van der Waals surface area contributed by atoms with Crippen LogP contribution < -0.4 is 5.32 Å². The lowest BCUT2D eigenvalue weighted by Gasteiger charge is -2.38. The first-order valence-corrected chi connectivity index (χ1v) is 9.43. The second-order valence-corrected chi connectivity index (χ2v) is 9.86. The average Bonchev–Trinajstić information content (AvgIpc) is 3.19. The highest BCUT2D eigenvalue weighted by Gasteiger charge is 2.36. The SMILES string of the molecule is CC(CNC1CC1)S(=O)(=O)N(C)C1CCC(C)(C)CC1. The van der Waals surface area contributed by atoms with E-state index in [0.717, 1.165) is 25.7 Å². The molecule has 0 spiro atoms. The van der Waals surface area contributed by atoms with Gasteiger partial charge in [0.25, 0.3) is 0 Å². The van der Waals surface area contributed by atoms with Crippen LogP contribution in [0, 0.1) is 5.41 Å². The Kier molecular flexibility index (Phi) is 4.82. The van der Waals surface area contributed by atoms with Gasteiger partial charge in [-0.15, -0.1) is 0 Å². The van der Waals surface area contributed by atoms with Crippen molar-refractivity contribution in [3.8, 4) is 0 Å². The molecule has 1 atom stereocenters. The molecule has 1 N–H and O–H groups in total. The molecule has 0 radical (unpaired) electrons. The van der Waals surface area contributed by atoms with E-state index in [9.17, 15) is 8.42 Å². The van der Waals surface area contributed by atoms with E-state index in [4.69, 9.17) is 0 Å². The van der Waals surface area contributed by atoms with Crippen molar-refractivity contribution in [2.24, 2.45) is 5.41 Å². The molecular formula is C15H30N2O2S. The average molecular weight is 302 g/mol. The Morgan fingerprint density at radius 3 is 2.25 bits per heavy atom. The van der Waals surface area contributed by atoms with Gasteiger partial charge in [0.1, 0.15) is 0 Å². The molecule has 2 saturated carbocycles. The molecule has 20 heavy (non-hydrogen) atoms. The van der Waals surface area contributed by atoms with Crippen LogP contribution in [-0.4, -0.2) is 43.6 Å². The number of sulfonamides is 1. The summed E-state index contributed by atoms with van der Waals surface area (Å²) < 4.78 is 26.9. The topological polar surface area (TPSA) is 49.4 Å². The summed E-state index contributed by atoms with van der Waals surface area (Å²) in [4.78, 5) is 0. The van der Waals surface area contributed by atoms with Crippen LogP contribution in [0.1, 0.15) is 59.3 Å². The molecule has 0 aromatic heterocycles. The Morgan fingerprint density at radius 1 is 1.20 bits per heavy atom. The smallest absolute Gasteiger partial charge is 0.217 e. The first-order chi connectivity index (χ1) is 9.22. The third-order valence-electron chi connectivity index (χ3n) is 5.00. The molecule has 0 heterocycles. The molecule has 4 nitrogen and oxygen atoms in total. The summed E-state index contributed by atoms with van der Waals surface area (Å²) in [7, 11) is -1.40. The van der Waals surface area contributed by atoms with Crippen LogP contribution in [0.15, 0.2) is 0 Å². The predicted molar refractivity (Wildman–Crippen MR) is 83.2 cm³/mol. The normalized spacial score (nSPS) is 25.9. The Morgan fingerprint density at radius 2 is 1.75 bits per heavy atom. The molecule has 2 fully saturated rings. The number of rotatable bonds is 6. The van der Waals surface area contributed by atoms with Crippen molar-refractivity contribution in [2.45, 2.75) is 76.6 Å². The van der Waals surface area contributed by atoms with Crippen LogP contribution in [0.3, 0.4) is 0 Å². The van der Waals surface area contributed by atoms with Gasteiger partial charge in [-0.05, 0) is 50.9 Å². The molecule has 0 aliphatic heterocycles. The third-order valence-corrected chi connectivity index (χ3v) is 7.29. The molecular weight excluding hydrogens is 272 g/mol. The highest BCUT2D eigenvalue weighted by Crippen LogP contribution is 2.37. The highest BCUT2D eigenvalue weighted by atomic mass is 32.2. The largest absolute Gasteiger partial charge is 0.313 e. The van der Waals surface area contributed by atoms with Crippen molar-refractivity contribution in [3.05, 3.63) is 0 Å². The molecule has 2 aliphatic carbocycles. The second kappa shape index (κ2) is 5.93. The maximum Gasteiger partial charge on any atom is 0.217 e. The number of hydrogen-bond acceptors (Lipinski definition) is 3. The standard InChI is InChI=1S/C15H30N2O2S/c1-12(11-16-13-5-6-13)20(18,19)17(4)14-7-9-15(2,3)10-8-14/h12-14,16H,5-11H2,1-4H3. The van der Waals surface area contributed by atoms with Crippen molar-refractivity contribution in [2.75, 3.05) is 13.6 Å². The van der Waals surface area contributed by atoms with E-state index >= 15 is 0 Å². The van der Waals surface area contributed by atoms with Gasteiger partial charge < -0.3 is 5.32 Å². The van der Waals surface area contributed by atoms with Gasteiger partial charge in [0, 0.05) is 25.7 Å². The lowest BCUT2D eigenvalue weighted by Crippen LogP contribution is -2.46. The Balaban J connectivity index is 1.90. The van der Waals surface area contributed by atoms with Gasteiger partial charge in [-0.25, -0.2) is 12.7 Å². The molecule has 2 aliphatic rings. The zero-order chi connectivity index (χ0) is 15.0. The number of nitrogens with zero attached hydrogens (tertiary/aromatic N) is 1. The van der Waals surface area contributed by atoms with E-state index in [0.29, 0.717) is 18.0 Å². The van der Waals surface area contributed by atoms with Gasteiger partial charge in [-0.1, -0.05) is 13.8 Å². The van der Waals surface area contributed by atoms with E-state index in [1.807, 2.05) is 6.92 Å². The number of nitrogens with one attached hydrogen (secondary N) is 1. The maximum atomic E-state index is 12.6. The van der Waals surface area contributed by atoms with E-state index in [1.54, 1.807) is 11.4 Å². The second-order valence-electron chi connectivity index (χ2n) is 7.45. The zero-order valence-corrected chi connectivity index (χ0v) is 14.2. The minimum Gasteiger partial charge on any atom is -0.313 e. The molecule has 0 amide bonds. The van der Waals surface area contributed by atoms with Crippen molar-refractivity contribution >= 4 is 10.0 Å². The van der Waals surface area contributed by atoms with E-state index in [2.05, 4.69) is 19.2 Å². The van der Waals surface area contributed by atoms with Crippen LogP contribution in [0.2, 0.25) is 0 Å². The molecule has 0 aromatic rings. The van der Waals surface area contributed by atoms with Crippen molar-refractivity contribution < 1.29 is 8.42 Å². The van der Waals surface area contributed by atoms with Crippen LogP contribution in [0.4, 0.5) is 0 Å². The fraction of sp³-hybridized carbons (Fsp3) is 1.00. The van der Waals surface area contributed by atoms with Crippen molar-refractivity contribution in [3.63, 3.8) is 0 Å². The quantitative estimate of drug-likeness (QED) is 0.819. The fourth-order valence-electron chi connectivity index (χ4n) is 2.96. The van der Waals surface area contributed by atoms with Gasteiger partial charge in [-0.2, -0.15) is 0 Å². The van der Waals surface area contributed by atoms with Gasteiger partial charge in [0.05, 0.1) is 5.25 Å². The summed E-state index contributed by atoms with van der Waals surface area (Å²) >= 11 is 0. The molecule has 5 heteroatoms. The summed E-state index contributed by atoms with van der Waals surface area (Å²) in [6.45, 7) is 6.96. The summed E-state index contributed by atoms with van der Waals surface area (Å²) in [6, 6.07) is 0.754. The van der Waals surface area contributed by atoms with Gasteiger partial charge >= 0.3 is 0 Å². The zero-order valence-electron chi connectivity index (χ0n) is 13.4. The minimum absolute atomic E-state index is 0.191. The van der Waals surface area contributed by atoms with Gasteiger partial charge in [0.2, 0.25) is 10.0 Å². The first-order valence-electron chi connectivity index (χ1n) is 7.92. The van der Waals surface area contributed by atoms with Gasteiger partial charge in [0.15, 0.2) is 0 Å². The van der Waals surface area contributed by atoms with E-state index < -0.39 is 10.0 Å². The highest BCUT2D eigenvalue weighted by molar-refractivity contribution is 7.89. The van der Waals surface area contributed by atoms with Crippen LogP contribution in [0.25, 0.3) is 0 Å². The Bertz CT molecular complexity index is 419. The fourth-order valence-corrected chi connectivity index (χ4v) is 4.47. The predicted octanol–water partition coefficient (Wildman–Crippen LogP) is 2.36. The van der Waals surface area contributed by atoms with E-state index in [1.165, 1.54) is 12.8 Å². The molecule has 118 valence electrons. The van der Waals surface area contributed by atoms with Crippen molar-refractivity contribution in [1.82, 2.24) is 9.62 Å². The van der Waals surface area contributed by atoms with Crippen molar-refractivity contribution in [1.29, 1.82) is 0 Å². The first kappa shape index (κ1) is 16.2. The van der Waals surface area contributed by atoms with Gasteiger partial charge in [-0.3, -0.25) is 0 Å². The summed E-state index contributed by atoms with van der Waals surface area (Å²) in [5, 5.41) is 3.00. The van der Waals surface area contributed by atoms with E-state index in [-0.39, 0.29) is 11.3 Å². The Labute approximate surface area is 124 Å². The van der Waals surface area contributed by atoms with Crippen LogP contribution in [-0.2, 0) is 10.0 Å². The Hall–Kier alpha value is -0.130. The lowest BCUT2D eigenvalue weighted by atomic mass is 9.76. The minimum atomic E-state index is -3.17.